The summed E-state index contributed by atoms with van der Waals surface area (Å²) in [5.41, 5.74) is 0. The maximum atomic E-state index is 11.2. The van der Waals surface area contributed by atoms with Crippen LogP contribution in [0.1, 0.15) is 13.3 Å². The van der Waals surface area contributed by atoms with Gasteiger partial charge in [0.15, 0.2) is 0 Å². The Morgan fingerprint density at radius 1 is 1.57 bits per heavy atom. The van der Waals surface area contributed by atoms with Crippen LogP contribution < -0.4 is 0 Å². The molecule has 5 nitrogen and oxygen atoms in total. The van der Waals surface area contributed by atoms with Gasteiger partial charge in [0.05, 0.1) is 6.42 Å². The van der Waals surface area contributed by atoms with Crippen molar-refractivity contribution in [2.75, 3.05) is 19.7 Å². The predicted octanol–water partition coefficient (Wildman–Crippen LogP) is 1.11. The van der Waals surface area contributed by atoms with Crippen LogP contribution in [-0.2, 0) is 9.53 Å². The van der Waals surface area contributed by atoms with Crippen molar-refractivity contribution in [1.29, 1.82) is 0 Å². The van der Waals surface area contributed by atoms with E-state index >= 15 is 0 Å². The lowest BCUT2D eigenvalue weighted by atomic mass is 10.4. The Kier molecular flexibility index (Phi) is 6.19. The molecule has 0 aliphatic heterocycles. The number of carboxylic acids is 1. The normalized spacial score (nSPS) is 9.21. The van der Waals surface area contributed by atoms with Crippen LogP contribution in [0.2, 0.25) is 0 Å². The van der Waals surface area contributed by atoms with Crippen molar-refractivity contribution < 1.29 is 19.4 Å². The highest BCUT2D eigenvalue weighted by atomic mass is 16.6. The van der Waals surface area contributed by atoms with E-state index in [4.69, 9.17) is 9.84 Å². The number of aliphatic carboxylic acids is 1. The summed E-state index contributed by atoms with van der Waals surface area (Å²) in [4.78, 5) is 22.8. The molecule has 0 spiro atoms. The zero-order chi connectivity index (χ0) is 11.0. The summed E-state index contributed by atoms with van der Waals surface area (Å²) in [6.45, 7) is 5.91. The molecule has 1 N–H and O–H groups in total. The summed E-state index contributed by atoms with van der Waals surface area (Å²) >= 11 is 0. The largest absolute Gasteiger partial charge is 0.481 e. The standard InChI is InChI=1S/C9H15NO4/c1-3-7-14-9(13)10(4-2)6-5-8(11)12/h3H,1,4-7H2,2H3,(H,11,12). The van der Waals surface area contributed by atoms with Gasteiger partial charge in [-0.3, -0.25) is 4.79 Å². The molecule has 0 aromatic carbocycles. The number of rotatable bonds is 6. The second kappa shape index (κ2) is 6.94. The van der Waals surface area contributed by atoms with Crippen molar-refractivity contribution in [2.45, 2.75) is 13.3 Å². The number of nitrogens with zero attached hydrogens (tertiary/aromatic N) is 1. The third-order valence-corrected chi connectivity index (χ3v) is 1.56. The first-order valence-electron chi connectivity index (χ1n) is 4.36. The lowest BCUT2D eigenvalue weighted by Gasteiger charge is -2.18. The molecule has 0 saturated heterocycles. The molecule has 0 atom stereocenters. The van der Waals surface area contributed by atoms with Crippen LogP contribution in [0.5, 0.6) is 0 Å². The SMILES string of the molecule is C=CCOC(=O)N(CC)CCC(=O)O. The molecule has 80 valence electrons. The van der Waals surface area contributed by atoms with Crippen molar-refractivity contribution in [3.63, 3.8) is 0 Å². The minimum Gasteiger partial charge on any atom is -0.481 e. The fourth-order valence-electron chi connectivity index (χ4n) is 0.831. The van der Waals surface area contributed by atoms with Gasteiger partial charge in [0.25, 0.3) is 0 Å². The molecule has 0 unspecified atom stereocenters. The van der Waals surface area contributed by atoms with Crippen molar-refractivity contribution in [3.05, 3.63) is 12.7 Å². The Morgan fingerprint density at radius 2 is 2.21 bits per heavy atom. The van der Waals surface area contributed by atoms with E-state index in [0.717, 1.165) is 0 Å². The molecule has 0 saturated carbocycles. The molecule has 5 heteroatoms. The number of hydrogen-bond acceptors (Lipinski definition) is 3. The quantitative estimate of drug-likeness (QED) is 0.653. The number of carboxylic acid groups (broad SMARTS) is 1. The van der Waals surface area contributed by atoms with E-state index in [9.17, 15) is 9.59 Å². The Labute approximate surface area is 83.0 Å². The van der Waals surface area contributed by atoms with Gasteiger partial charge in [0.1, 0.15) is 6.61 Å². The van der Waals surface area contributed by atoms with Gasteiger partial charge in [0.2, 0.25) is 0 Å². The minimum absolute atomic E-state index is 0.0724. The Hall–Kier alpha value is -1.52. The van der Waals surface area contributed by atoms with E-state index < -0.39 is 12.1 Å². The molecular weight excluding hydrogens is 186 g/mol. The van der Waals surface area contributed by atoms with Gasteiger partial charge in [-0.05, 0) is 6.92 Å². The first-order valence-corrected chi connectivity index (χ1v) is 4.36. The molecule has 0 aromatic rings. The Morgan fingerprint density at radius 3 is 2.64 bits per heavy atom. The van der Waals surface area contributed by atoms with Crippen molar-refractivity contribution in [3.8, 4) is 0 Å². The summed E-state index contributed by atoms with van der Waals surface area (Å²) in [5, 5.41) is 8.42. The fourth-order valence-corrected chi connectivity index (χ4v) is 0.831. The van der Waals surface area contributed by atoms with Crippen LogP contribution >= 0.6 is 0 Å². The van der Waals surface area contributed by atoms with Crippen LogP contribution in [0.15, 0.2) is 12.7 Å². The zero-order valence-corrected chi connectivity index (χ0v) is 8.23. The van der Waals surface area contributed by atoms with Gasteiger partial charge in [-0.2, -0.15) is 0 Å². The number of amides is 1. The molecule has 0 aliphatic carbocycles. The molecule has 0 bridgehead atoms. The maximum absolute atomic E-state index is 11.2. The van der Waals surface area contributed by atoms with E-state index in [0.29, 0.717) is 6.54 Å². The van der Waals surface area contributed by atoms with Gasteiger partial charge >= 0.3 is 12.1 Å². The highest BCUT2D eigenvalue weighted by Gasteiger charge is 2.13. The lowest BCUT2D eigenvalue weighted by molar-refractivity contribution is -0.137. The van der Waals surface area contributed by atoms with Gasteiger partial charge < -0.3 is 14.7 Å². The second-order valence-electron chi connectivity index (χ2n) is 2.59. The van der Waals surface area contributed by atoms with E-state index in [2.05, 4.69) is 6.58 Å². The molecule has 0 aliphatic rings. The van der Waals surface area contributed by atoms with Crippen molar-refractivity contribution in [1.82, 2.24) is 4.90 Å². The summed E-state index contributed by atoms with van der Waals surface area (Å²) in [6, 6.07) is 0. The third kappa shape index (κ3) is 5.18. The van der Waals surface area contributed by atoms with Gasteiger partial charge in [-0.15, -0.1) is 0 Å². The first kappa shape index (κ1) is 12.5. The number of carbonyl (C=O) groups is 2. The average molecular weight is 201 g/mol. The third-order valence-electron chi connectivity index (χ3n) is 1.56. The molecular formula is C9H15NO4. The van der Waals surface area contributed by atoms with E-state index in [-0.39, 0.29) is 19.6 Å². The Bertz CT molecular complexity index is 215. The van der Waals surface area contributed by atoms with Crippen molar-refractivity contribution in [2.24, 2.45) is 0 Å². The molecule has 1 amide bonds. The smallest absolute Gasteiger partial charge is 0.410 e. The number of hydrogen-bond donors (Lipinski definition) is 1. The molecule has 0 fully saturated rings. The van der Waals surface area contributed by atoms with Crippen LogP contribution in [0.4, 0.5) is 4.79 Å². The van der Waals surface area contributed by atoms with E-state index in [1.807, 2.05) is 0 Å². The topological polar surface area (TPSA) is 66.8 Å². The zero-order valence-electron chi connectivity index (χ0n) is 8.23. The molecule has 0 rings (SSSR count). The summed E-state index contributed by atoms with van der Waals surface area (Å²) < 4.78 is 4.75. The van der Waals surface area contributed by atoms with Gasteiger partial charge in [-0.25, -0.2) is 4.79 Å². The second-order valence-corrected chi connectivity index (χ2v) is 2.59. The van der Waals surface area contributed by atoms with Crippen molar-refractivity contribution >= 4 is 12.1 Å². The molecule has 0 heterocycles. The monoisotopic (exact) mass is 201 g/mol. The van der Waals surface area contributed by atoms with Crippen LogP contribution in [0.3, 0.4) is 0 Å². The summed E-state index contributed by atoms with van der Waals surface area (Å²) in [7, 11) is 0. The highest BCUT2D eigenvalue weighted by molar-refractivity contribution is 5.70. The first-order chi connectivity index (χ1) is 6.61. The molecule has 0 radical (unpaired) electrons. The highest BCUT2D eigenvalue weighted by Crippen LogP contribution is 1.96. The molecule has 0 aromatic heterocycles. The summed E-state index contributed by atoms with van der Waals surface area (Å²) in [5.74, 6) is -0.931. The van der Waals surface area contributed by atoms with E-state index in [1.165, 1.54) is 11.0 Å². The summed E-state index contributed by atoms with van der Waals surface area (Å²) in [6.07, 6.45) is 0.883. The maximum Gasteiger partial charge on any atom is 0.410 e. The van der Waals surface area contributed by atoms with Gasteiger partial charge in [0, 0.05) is 13.1 Å². The van der Waals surface area contributed by atoms with Crippen LogP contribution in [-0.4, -0.2) is 41.8 Å². The van der Waals surface area contributed by atoms with E-state index in [1.54, 1.807) is 6.92 Å². The average Bonchev–Trinajstić information content (AvgIpc) is 2.15. The minimum atomic E-state index is -0.931. The fraction of sp³-hybridized carbons (Fsp3) is 0.556. The number of ether oxygens (including phenoxy) is 1. The number of carbonyl (C=O) groups excluding carboxylic acids is 1. The van der Waals surface area contributed by atoms with Gasteiger partial charge in [-0.1, -0.05) is 12.7 Å². The Balaban J connectivity index is 3.92. The lowest BCUT2D eigenvalue weighted by Crippen LogP contribution is -2.33. The predicted molar refractivity (Wildman–Crippen MR) is 51.0 cm³/mol. The van der Waals surface area contributed by atoms with Crippen LogP contribution in [0.25, 0.3) is 0 Å². The molecule has 14 heavy (non-hydrogen) atoms. The van der Waals surface area contributed by atoms with Crippen LogP contribution in [0, 0.1) is 0 Å².